The van der Waals surface area contributed by atoms with Gasteiger partial charge in [-0.15, -0.1) is 11.8 Å². The molecule has 0 radical (unpaired) electrons. The molecular formula is C13H16N2O4S. The van der Waals surface area contributed by atoms with Gasteiger partial charge in [-0.3, -0.25) is 14.4 Å². The number of nitrogens with zero attached hydrogens (tertiary/aromatic N) is 1. The number of hydrogen-bond donors (Lipinski definition) is 2. The summed E-state index contributed by atoms with van der Waals surface area (Å²) in [4.78, 5) is 35.2. The normalized spacial score (nSPS) is 10.1. The highest BCUT2D eigenvalue weighted by atomic mass is 32.2. The van der Waals surface area contributed by atoms with Gasteiger partial charge in [0.15, 0.2) is 0 Å². The van der Waals surface area contributed by atoms with Crippen molar-refractivity contribution >= 4 is 29.5 Å². The lowest BCUT2D eigenvalue weighted by Crippen LogP contribution is -2.42. The van der Waals surface area contributed by atoms with Gasteiger partial charge in [0.2, 0.25) is 11.8 Å². The molecular weight excluding hydrogens is 280 g/mol. The molecule has 1 aromatic rings. The molecule has 2 amide bonds. The van der Waals surface area contributed by atoms with E-state index in [1.807, 2.05) is 31.2 Å². The van der Waals surface area contributed by atoms with Crippen molar-refractivity contribution in [3.05, 3.63) is 29.8 Å². The molecule has 0 aliphatic carbocycles. The lowest BCUT2D eigenvalue weighted by atomic mass is 10.2. The van der Waals surface area contributed by atoms with Gasteiger partial charge in [0.05, 0.1) is 12.3 Å². The van der Waals surface area contributed by atoms with Crippen LogP contribution in [0.5, 0.6) is 0 Å². The Morgan fingerprint density at radius 3 is 2.30 bits per heavy atom. The summed E-state index contributed by atoms with van der Waals surface area (Å²) < 4.78 is 0. The first-order valence-corrected chi connectivity index (χ1v) is 6.84. The number of carbonyl (C=O) groups excluding carboxylic acids is 2. The largest absolute Gasteiger partial charge is 0.480 e. The maximum Gasteiger partial charge on any atom is 0.323 e. The first-order valence-electron chi connectivity index (χ1n) is 5.86. The zero-order valence-electron chi connectivity index (χ0n) is 11.0. The molecule has 0 atom stereocenters. The molecule has 1 rings (SSSR count). The van der Waals surface area contributed by atoms with Crippen LogP contribution < -0.4 is 5.73 Å². The van der Waals surface area contributed by atoms with E-state index in [0.29, 0.717) is 0 Å². The Bertz CT molecular complexity index is 486. The van der Waals surface area contributed by atoms with Gasteiger partial charge in [-0.2, -0.15) is 0 Å². The van der Waals surface area contributed by atoms with Gasteiger partial charge < -0.3 is 15.7 Å². The minimum atomic E-state index is -1.18. The zero-order valence-corrected chi connectivity index (χ0v) is 11.9. The zero-order chi connectivity index (χ0) is 15.1. The van der Waals surface area contributed by atoms with E-state index in [1.54, 1.807) is 0 Å². The first-order chi connectivity index (χ1) is 9.38. The van der Waals surface area contributed by atoms with Crippen LogP contribution in [0.15, 0.2) is 29.2 Å². The number of carboxylic acids is 1. The van der Waals surface area contributed by atoms with Gasteiger partial charge in [0, 0.05) is 4.90 Å². The van der Waals surface area contributed by atoms with E-state index in [1.165, 1.54) is 11.8 Å². The molecule has 0 saturated carbocycles. The van der Waals surface area contributed by atoms with E-state index in [4.69, 9.17) is 10.8 Å². The number of thioether (sulfide) groups is 1. The molecule has 6 nitrogen and oxygen atoms in total. The molecule has 0 heterocycles. The van der Waals surface area contributed by atoms with Gasteiger partial charge in [-0.1, -0.05) is 17.7 Å². The topological polar surface area (TPSA) is 101 Å². The van der Waals surface area contributed by atoms with Crippen molar-refractivity contribution in [2.24, 2.45) is 5.73 Å². The number of aliphatic carboxylic acids is 1. The van der Waals surface area contributed by atoms with E-state index in [0.717, 1.165) is 15.4 Å². The van der Waals surface area contributed by atoms with Crippen LogP contribution in [0.2, 0.25) is 0 Å². The number of primary amides is 1. The fraction of sp³-hybridized carbons (Fsp3) is 0.308. The molecule has 0 bridgehead atoms. The summed E-state index contributed by atoms with van der Waals surface area (Å²) in [5, 5.41) is 8.71. The fourth-order valence-electron chi connectivity index (χ4n) is 1.45. The van der Waals surface area contributed by atoms with Crippen molar-refractivity contribution in [2.75, 3.05) is 18.8 Å². The van der Waals surface area contributed by atoms with Crippen molar-refractivity contribution in [3.8, 4) is 0 Å². The summed E-state index contributed by atoms with van der Waals surface area (Å²) in [5.41, 5.74) is 6.11. The van der Waals surface area contributed by atoms with E-state index < -0.39 is 24.3 Å². The summed E-state index contributed by atoms with van der Waals surface area (Å²) in [6.07, 6.45) is 0. The van der Waals surface area contributed by atoms with E-state index in [-0.39, 0.29) is 12.3 Å². The molecule has 1 aromatic carbocycles. The van der Waals surface area contributed by atoms with Gasteiger partial charge in [0.1, 0.15) is 6.54 Å². The van der Waals surface area contributed by atoms with Crippen molar-refractivity contribution in [2.45, 2.75) is 11.8 Å². The number of amides is 2. The number of rotatable bonds is 7. The van der Waals surface area contributed by atoms with Crippen LogP contribution in [0, 0.1) is 6.92 Å². The third-order valence-corrected chi connectivity index (χ3v) is 3.41. The second kappa shape index (κ2) is 7.54. The average Bonchev–Trinajstić information content (AvgIpc) is 2.36. The average molecular weight is 296 g/mol. The summed E-state index contributed by atoms with van der Waals surface area (Å²) in [7, 11) is 0. The van der Waals surface area contributed by atoms with Gasteiger partial charge in [-0.25, -0.2) is 0 Å². The van der Waals surface area contributed by atoms with Crippen molar-refractivity contribution in [3.63, 3.8) is 0 Å². The van der Waals surface area contributed by atoms with E-state index >= 15 is 0 Å². The summed E-state index contributed by atoms with van der Waals surface area (Å²) in [6.45, 7) is 1.04. The van der Waals surface area contributed by atoms with Crippen LogP contribution in [-0.2, 0) is 14.4 Å². The van der Waals surface area contributed by atoms with Crippen LogP contribution in [0.1, 0.15) is 5.56 Å². The molecule has 3 N–H and O–H groups in total. The Balaban J connectivity index is 2.58. The third-order valence-electron chi connectivity index (χ3n) is 2.41. The summed E-state index contributed by atoms with van der Waals surface area (Å²) in [6, 6.07) is 7.60. The van der Waals surface area contributed by atoms with Crippen molar-refractivity contribution < 1.29 is 19.5 Å². The van der Waals surface area contributed by atoms with Crippen LogP contribution in [-0.4, -0.2) is 46.6 Å². The van der Waals surface area contributed by atoms with Crippen molar-refractivity contribution in [1.29, 1.82) is 0 Å². The van der Waals surface area contributed by atoms with Gasteiger partial charge >= 0.3 is 5.97 Å². The third kappa shape index (κ3) is 5.75. The molecule has 0 aromatic heterocycles. The van der Waals surface area contributed by atoms with Crippen LogP contribution in [0.4, 0.5) is 0 Å². The number of aryl methyl sites for hydroxylation is 1. The SMILES string of the molecule is Cc1ccc(SCC(=O)N(CC(N)=O)CC(=O)O)cc1. The van der Waals surface area contributed by atoms with Crippen LogP contribution in [0.25, 0.3) is 0 Å². The summed E-state index contributed by atoms with van der Waals surface area (Å²) >= 11 is 1.28. The minimum Gasteiger partial charge on any atom is -0.480 e. The quantitative estimate of drug-likeness (QED) is 0.713. The van der Waals surface area contributed by atoms with E-state index in [2.05, 4.69) is 0 Å². The molecule has 0 saturated heterocycles. The molecule has 108 valence electrons. The first kappa shape index (κ1) is 16.0. The Labute approximate surface area is 120 Å². The number of carboxylic acid groups (broad SMARTS) is 1. The summed E-state index contributed by atoms with van der Waals surface area (Å²) in [5.74, 6) is -2.29. The van der Waals surface area contributed by atoms with Gasteiger partial charge in [0.25, 0.3) is 0 Å². The maximum absolute atomic E-state index is 11.9. The highest BCUT2D eigenvalue weighted by molar-refractivity contribution is 8.00. The lowest BCUT2D eigenvalue weighted by molar-refractivity contribution is -0.144. The number of benzene rings is 1. The highest BCUT2D eigenvalue weighted by Gasteiger charge is 2.18. The van der Waals surface area contributed by atoms with Gasteiger partial charge in [-0.05, 0) is 19.1 Å². The monoisotopic (exact) mass is 296 g/mol. The molecule has 0 aliphatic heterocycles. The second-order valence-corrected chi connectivity index (χ2v) is 5.26. The molecule has 0 unspecified atom stereocenters. The molecule has 0 fully saturated rings. The smallest absolute Gasteiger partial charge is 0.323 e. The minimum absolute atomic E-state index is 0.0591. The molecule has 0 spiro atoms. The molecule has 7 heteroatoms. The predicted octanol–water partition coefficient (Wildman–Crippen LogP) is 0.486. The molecule has 0 aliphatic rings. The fourth-order valence-corrected chi connectivity index (χ4v) is 2.26. The predicted molar refractivity (Wildman–Crippen MR) is 75.3 cm³/mol. The second-order valence-electron chi connectivity index (χ2n) is 4.21. The Kier molecular flexibility index (Phi) is 6.05. The Morgan fingerprint density at radius 2 is 1.80 bits per heavy atom. The van der Waals surface area contributed by atoms with Crippen LogP contribution >= 0.6 is 11.8 Å². The number of nitrogens with two attached hydrogens (primary N) is 1. The highest BCUT2D eigenvalue weighted by Crippen LogP contribution is 2.18. The number of hydrogen-bond acceptors (Lipinski definition) is 4. The molecule has 20 heavy (non-hydrogen) atoms. The number of carbonyl (C=O) groups is 3. The maximum atomic E-state index is 11.9. The lowest BCUT2D eigenvalue weighted by Gasteiger charge is -2.18. The Morgan fingerprint density at radius 1 is 1.20 bits per heavy atom. The standard InChI is InChI=1S/C13H16N2O4S/c1-9-2-4-10(5-3-9)20-8-12(17)15(6-11(14)16)7-13(18)19/h2-5H,6-8H2,1H3,(H2,14,16)(H,18,19). The van der Waals surface area contributed by atoms with Crippen LogP contribution in [0.3, 0.4) is 0 Å². The van der Waals surface area contributed by atoms with Crippen molar-refractivity contribution in [1.82, 2.24) is 4.90 Å². The Hall–Kier alpha value is -2.02. The van der Waals surface area contributed by atoms with E-state index in [9.17, 15) is 14.4 Å².